The van der Waals surface area contributed by atoms with E-state index in [-0.39, 0.29) is 11.8 Å². The molecule has 1 fully saturated rings. The monoisotopic (exact) mass is 405 g/mol. The van der Waals surface area contributed by atoms with E-state index in [0.717, 1.165) is 0 Å². The van der Waals surface area contributed by atoms with E-state index in [1.165, 1.54) is 5.57 Å². The zero-order valence-corrected chi connectivity index (χ0v) is 12.0. The van der Waals surface area contributed by atoms with Crippen LogP contribution in [0.25, 0.3) is 0 Å². The molecule has 0 aliphatic carbocycles. The standard InChI is InChI=1S/C4H5NO2.C4H8.2H2O.2O.W/c6-3-1-2-4(7)5-3;1-4(2)3;;;;;/h1-2H2,(H,5,6,7);1H2,2-3H3;2*1H2;;;/q;;;;;;+2/p-2. The Morgan fingerprint density at radius 1 is 1.19 bits per heavy atom. The molecule has 0 bridgehead atoms. The second-order valence-corrected chi connectivity index (χ2v) is 6.34. The maximum absolute atomic E-state index is 10.1. The van der Waals surface area contributed by atoms with Gasteiger partial charge in [0.2, 0.25) is 11.8 Å². The van der Waals surface area contributed by atoms with E-state index in [9.17, 15) is 9.59 Å². The molecule has 0 saturated carbocycles. The fraction of sp³-hybridized carbons (Fsp3) is 0.500. The van der Waals surface area contributed by atoms with E-state index < -0.39 is 16.7 Å². The molecule has 0 aromatic heterocycles. The molecule has 7 nitrogen and oxygen atoms in total. The van der Waals surface area contributed by atoms with E-state index >= 15 is 0 Å². The first kappa shape index (κ1) is 17.5. The third-order valence-corrected chi connectivity index (χ3v) is 0.858. The van der Waals surface area contributed by atoms with Crippen LogP contribution in [0, 0.1) is 0 Å². The van der Waals surface area contributed by atoms with Crippen LogP contribution in [0.2, 0.25) is 0 Å². The molecule has 3 N–H and O–H groups in total. The molecule has 8 heteroatoms. The summed E-state index contributed by atoms with van der Waals surface area (Å²) in [5.41, 5.74) is 1.17. The Labute approximate surface area is 96.9 Å². The Morgan fingerprint density at radius 2 is 1.38 bits per heavy atom. The van der Waals surface area contributed by atoms with Crippen molar-refractivity contribution in [3.63, 3.8) is 0 Å². The van der Waals surface area contributed by atoms with Crippen molar-refractivity contribution in [1.82, 2.24) is 5.32 Å². The van der Waals surface area contributed by atoms with Crippen LogP contribution in [-0.2, 0) is 33.1 Å². The van der Waals surface area contributed by atoms with Gasteiger partial charge < -0.3 is 0 Å². The van der Waals surface area contributed by atoms with E-state index in [2.05, 4.69) is 11.9 Å². The van der Waals surface area contributed by atoms with Crippen molar-refractivity contribution in [1.29, 1.82) is 0 Å². The molecule has 0 spiro atoms. The third-order valence-electron chi connectivity index (χ3n) is 0.858. The van der Waals surface area contributed by atoms with Crippen LogP contribution in [0.1, 0.15) is 26.7 Å². The number of hydrogen-bond donors (Lipinski definition) is 3. The SMILES string of the molecule is C=C(C)C.O=C1CCC(=O)N1.[O]=[W](=[O])([OH])[OH]. The number of carbonyl (C=O) groups is 2. The van der Waals surface area contributed by atoms with Crippen LogP contribution in [0.3, 0.4) is 0 Å². The summed E-state index contributed by atoms with van der Waals surface area (Å²) >= 11 is -5.67. The average molecular weight is 405 g/mol. The Morgan fingerprint density at radius 3 is 1.44 bits per heavy atom. The molecule has 0 unspecified atom stereocenters. The molecule has 1 heterocycles. The van der Waals surface area contributed by atoms with Gasteiger partial charge in [0.05, 0.1) is 0 Å². The Bertz CT molecular complexity index is 333. The van der Waals surface area contributed by atoms with Crippen molar-refractivity contribution in [3.8, 4) is 0 Å². The van der Waals surface area contributed by atoms with Gasteiger partial charge in [-0.25, -0.2) is 0 Å². The van der Waals surface area contributed by atoms with Crippen LogP contribution in [0.15, 0.2) is 12.2 Å². The number of hydrogen-bond acceptors (Lipinski definition) is 4. The molecule has 0 aromatic carbocycles. The number of carbonyl (C=O) groups excluding carboxylic acids is 2. The van der Waals surface area contributed by atoms with Crippen LogP contribution >= 0.6 is 0 Å². The van der Waals surface area contributed by atoms with Crippen molar-refractivity contribution >= 4 is 11.8 Å². The molecule has 1 saturated heterocycles. The summed E-state index contributed by atoms with van der Waals surface area (Å²) in [5.74, 6) is -0.296. The van der Waals surface area contributed by atoms with Crippen molar-refractivity contribution in [2.24, 2.45) is 0 Å². The Balaban J connectivity index is 0. The number of amides is 2. The summed E-state index contributed by atoms with van der Waals surface area (Å²) in [4.78, 5) is 20.2. The molecule has 94 valence electrons. The van der Waals surface area contributed by atoms with Gasteiger partial charge in [-0.2, -0.15) is 0 Å². The van der Waals surface area contributed by atoms with Gasteiger partial charge in [-0.15, -0.1) is 6.58 Å². The number of rotatable bonds is 0. The normalized spacial score (nSPS) is 14.0. The molecular weight excluding hydrogens is 390 g/mol. The molecular formula is C8H15NO6W. The number of imide groups is 1. The maximum atomic E-state index is 10.1. The molecule has 16 heavy (non-hydrogen) atoms. The first-order chi connectivity index (χ1) is 7.02. The van der Waals surface area contributed by atoms with Crippen molar-refractivity contribution < 1.29 is 40.7 Å². The van der Waals surface area contributed by atoms with E-state index in [1.54, 1.807) is 0 Å². The minimum atomic E-state index is -5.67. The third kappa shape index (κ3) is 29.2. The summed E-state index contributed by atoms with van der Waals surface area (Å²) in [6.45, 7) is 7.50. The summed E-state index contributed by atoms with van der Waals surface area (Å²) < 4.78 is 32.1. The van der Waals surface area contributed by atoms with Crippen LogP contribution in [0.4, 0.5) is 0 Å². The zero-order valence-electron chi connectivity index (χ0n) is 9.06. The summed E-state index contributed by atoms with van der Waals surface area (Å²) in [6, 6.07) is 0. The van der Waals surface area contributed by atoms with Gasteiger partial charge in [0.25, 0.3) is 0 Å². The predicted octanol–water partition coefficient (Wildman–Crippen LogP) is -0.349. The zero-order chi connectivity index (χ0) is 13.4. The fourth-order valence-electron chi connectivity index (χ4n) is 0.508. The van der Waals surface area contributed by atoms with Gasteiger partial charge in [0, 0.05) is 12.8 Å². The summed E-state index contributed by atoms with van der Waals surface area (Å²) in [5, 5.41) is 2.14. The Kier molecular flexibility index (Phi) is 9.03. The van der Waals surface area contributed by atoms with Crippen LogP contribution in [-0.4, -0.2) is 19.3 Å². The van der Waals surface area contributed by atoms with Crippen molar-refractivity contribution in [2.75, 3.05) is 0 Å². The topological polar surface area (TPSA) is 121 Å². The minimum absolute atomic E-state index is 0.148. The quantitative estimate of drug-likeness (QED) is 0.375. The predicted molar refractivity (Wildman–Crippen MR) is 48.7 cm³/mol. The van der Waals surface area contributed by atoms with Gasteiger partial charge in [-0.05, 0) is 13.8 Å². The van der Waals surface area contributed by atoms with Gasteiger partial charge in [-0.3, -0.25) is 14.9 Å². The van der Waals surface area contributed by atoms with Gasteiger partial charge in [-0.1, -0.05) is 5.57 Å². The molecule has 0 radical (unpaired) electrons. The Hall–Kier alpha value is -0.912. The summed E-state index contributed by atoms with van der Waals surface area (Å²) in [7, 11) is 0. The second kappa shape index (κ2) is 8.26. The molecule has 2 amide bonds. The van der Waals surface area contributed by atoms with Gasteiger partial charge in [0.1, 0.15) is 0 Å². The van der Waals surface area contributed by atoms with Crippen LogP contribution < -0.4 is 5.32 Å². The van der Waals surface area contributed by atoms with Crippen LogP contribution in [0.5, 0.6) is 0 Å². The molecule has 1 rings (SSSR count). The average Bonchev–Trinajstić information content (AvgIpc) is 2.28. The fourth-order valence-corrected chi connectivity index (χ4v) is 0.508. The summed E-state index contributed by atoms with van der Waals surface area (Å²) in [6.07, 6.45) is 0.748. The number of allylic oxidation sites excluding steroid dienone is 1. The molecule has 1 aliphatic rings. The van der Waals surface area contributed by atoms with E-state index in [1.807, 2.05) is 13.8 Å². The first-order valence-electron chi connectivity index (χ1n) is 4.17. The van der Waals surface area contributed by atoms with E-state index in [0.29, 0.717) is 12.8 Å². The first-order valence-corrected chi connectivity index (χ1v) is 9.19. The van der Waals surface area contributed by atoms with E-state index in [4.69, 9.17) is 14.3 Å². The van der Waals surface area contributed by atoms with Crippen molar-refractivity contribution in [3.05, 3.63) is 12.2 Å². The second-order valence-electron chi connectivity index (χ2n) is 3.13. The molecule has 0 aromatic rings. The van der Waals surface area contributed by atoms with Gasteiger partial charge >= 0.3 is 31.1 Å². The van der Waals surface area contributed by atoms with Crippen molar-refractivity contribution in [2.45, 2.75) is 26.7 Å². The molecule has 1 aliphatic heterocycles. The molecule has 0 atom stereocenters. The van der Waals surface area contributed by atoms with Gasteiger partial charge in [0.15, 0.2) is 0 Å². The number of nitrogens with one attached hydrogen (secondary N) is 1.